The molecule has 0 aromatic heterocycles. The highest BCUT2D eigenvalue weighted by molar-refractivity contribution is 6.03. The van der Waals surface area contributed by atoms with Gasteiger partial charge in [0.1, 0.15) is 0 Å². The van der Waals surface area contributed by atoms with E-state index in [-0.39, 0.29) is 11.8 Å². The Morgan fingerprint density at radius 3 is 2.61 bits per heavy atom. The summed E-state index contributed by atoms with van der Waals surface area (Å²) in [4.78, 5) is 0. The van der Waals surface area contributed by atoms with Crippen molar-refractivity contribution in [3.8, 4) is 23.5 Å². The zero-order valence-corrected chi connectivity index (χ0v) is 27.6. The molecule has 0 heteroatoms. The summed E-state index contributed by atoms with van der Waals surface area (Å²) in [6.07, 6.45) is 26.9. The Kier molecular flexibility index (Phi) is 9.23. The number of hydrogen-bond donors (Lipinski definition) is 0. The van der Waals surface area contributed by atoms with Crippen LogP contribution >= 0.6 is 0 Å². The Morgan fingerprint density at radius 2 is 1.87 bits per heavy atom. The van der Waals surface area contributed by atoms with Crippen LogP contribution in [0.5, 0.6) is 0 Å². The molecule has 0 fully saturated rings. The number of allylic oxidation sites excluding steroid dienone is 8. The lowest BCUT2D eigenvalue weighted by Crippen LogP contribution is -2.18. The Balaban J connectivity index is 1.52. The van der Waals surface area contributed by atoms with Crippen molar-refractivity contribution in [2.75, 3.05) is 0 Å². The molecule has 0 saturated heterocycles. The van der Waals surface area contributed by atoms with Crippen molar-refractivity contribution < 1.29 is 0 Å². The molecule has 2 atom stereocenters. The van der Waals surface area contributed by atoms with Gasteiger partial charge in [0.05, 0.1) is 0 Å². The van der Waals surface area contributed by atoms with E-state index in [0.29, 0.717) is 0 Å². The number of unbranched alkanes of at least 4 members (excludes halogenated alkanes) is 1. The second-order valence-corrected chi connectivity index (χ2v) is 12.7. The van der Waals surface area contributed by atoms with Gasteiger partial charge in [-0.1, -0.05) is 129 Å². The zero-order valence-electron chi connectivity index (χ0n) is 27.6. The highest BCUT2D eigenvalue weighted by Gasteiger charge is 2.27. The molecule has 0 amide bonds. The third-order valence-corrected chi connectivity index (χ3v) is 9.94. The topological polar surface area (TPSA) is 0 Å². The molecule has 4 aromatic rings. The molecule has 46 heavy (non-hydrogen) atoms. The number of aryl methyl sites for hydroxylation is 2. The van der Waals surface area contributed by atoms with Gasteiger partial charge in [-0.3, -0.25) is 0 Å². The number of rotatable bonds is 9. The summed E-state index contributed by atoms with van der Waals surface area (Å²) in [7, 11) is 0. The summed E-state index contributed by atoms with van der Waals surface area (Å²) >= 11 is 0. The fraction of sp³-hybridized carbons (Fsp3) is 0.217. The second kappa shape index (κ2) is 13.6. The zero-order chi connectivity index (χ0) is 32.2. The van der Waals surface area contributed by atoms with Crippen molar-refractivity contribution in [2.24, 2.45) is 11.8 Å². The van der Waals surface area contributed by atoms with Crippen LogP contribution in [-0.2, 0) is 12.8 Å². The second-order valence-electron chi connectivity index (χ2n) is 12.7. The molecule has 2 unspecified atom stereocenters. The molecule has 0 bridgehead atoms. The molecule has 0 nitrogen and oxygen atoms in total. The van der Waals surface area contributed by atoms with Crippen LogP contribution in [0.15, 0.2) is 127 Å². The third-order valence-electron chi connectivity index (χ3n) is 9.94. The van der Waals surface area contributed by atoms with Crippen LogP contribution in [0.3, 0.4) is 0 Å². The fourth-order valence-electron chi connectivity index (χ4n) is 7.52. The Bertz CT molecular complexity index is 1990. The molecule has 0 aliphatic heterocycles. The minimum Gasteiger partial charge on any atom is -0.115 e. The van der Waals surface area contributed by atoms with E-state index in [0.717, 1.165) is 43.2 Å². The van der Waals surface area contributed by atoms with Gasteiger partial charge in [-0.25, -0.2) is 0 Å². The van der Waals surface area contributed by atoms with E-state index in [2.05, 4.69) is 149 Å². The maximum Gasteiger partial charge on any atom is 0.0324 e. The molecular weight excluding hydrogens is 553 g/mol. The quantitative estimate of drug-likeness (QED) is 0.133. The molecule has 6 rings (SSSR count). The summed E-state index contributed by atoms with van der Waals surface area (Å²) in [5.41, 5.74) is 15.2. The van der Waals surface area contributed by atoms with E-state index < -0.39 is 0 Å². The molecule has 0 radical (unpaired) electrons. The van der Waals surface area contributed by atoms with Crippen LogP contribution < -0.4 is 0 Å². The van der Waals surface area contributed by atoms with Crippen LogP contribution in [0.25, 0.3) is 33.5 Å². The van der Waals surface area contributed by atoms with Gasteiger partial charge in [0.15, 0.2) is 0 Å². The number of hydrogen-bond acceptors (Lipinski definition) is 0. The van der Waals surface area contributed by atoms with Crippen molar-refractivity contribution >= 4 is 22.4 Å². The molecule has 0 heterocycles. The maximum absolute atomic E-state index is 6.28. The van der Waals surface area contributed by atoms with Crippen LogP contribution in [0.2, 0.25) is 0 Å². The first-order valence-electron chi connectivity index (χ1n) is 16.8. The normalized spacial score (nSPS) is 16.6. The first-order chi connectivity index (χ1) is 22.5. The molecular formula is C46H44. The van der Waals surface area contributed by atoms with Crippen LogP contribution in [0, 0.1) is 31.1 Å². The minimum atomic E-state index is 0.225. The van der Waals surface area contributed by atoms with Crippen LogP contribution in [-0.4, -0.2) is 0 Å². The number of fused-ring (bicyclic) bond motifs is 2. The SMILES string of the molecule is C#Cc1ccc2c(c1-c1c(CCCC)ccc3cc(/C(=C/C)c4ccccc4C)ccc13)CCC(C(C=C)C1C=CC=CC1=C)=C2. The van der Waals surface area contributed by atoms with Crippen molar-refractivity contribution in [3.05, 3.63) is 166 Å². The minimum absolute atomic E-state index is 0.225. The van der Waals surface area contributed by atoms with Gasteiger partial charge in [-0.05, 0) is 113 Å². The molecule has 0 saturated carbocycles. The van der Waals surface area contributed by atoms with Crippen molar-refractivity contribution in [2.45, 2.75) is 52.9 Å². The fourth-order valence-corrected chi connectivity index (χ4v) is 7.52. The first-order valence-corrected chi connectivity index (χ1v) is 16.8. The largest absolute Gasteiger partial charge is 0.115 e. The average Bonchev–Trinajstić information content (AvgIpc) is 3.08. The highest BCUT2D eigenvalue weighted by Crippen LogP contribution is 2.44. The molecule has 4 aromatic carbocycles. The maximum atomic E-state index is 6.28. The molecule has 2 aliphatic rings. The lowest BCUT2D eigenvalue weighted by atomic mass is 9.74. The average molecular weight is 597 g/mol. The molecule has 228 valence electrons. The van der Waals surface area contributed by atoms with Crippen molar-refractivity contribution in [3.63, 3.8) is 0 Å². The van der Waals surface area contributed by atoms with Crippen LogP contribution in [0.1, 0.15) is 72.1 Å². The lowest BCUT2D eigenvalue weighted by Gasteiger charge is -2.30. The summed E-state index contributed by atoms with van der Waals surface area (Å²) in [5, 5.41) is 2.52. The van der Waals surface area contributed by atoms with Gasteiger partial charge in [0, 0.05) is 23.0 Å². The first kappa shape index (κ1) is 31.1. The summed E-state index contributed by atoms with van der Waals surface area (Å²) in [6, 6.07) is 24.7. The van der Waals surface area contributed by atoms with E-state index in [9.17, 15) is 0 Å². The van der Waals surface area contributed by atoms with Gasteiger partial charge in [-0.15, -0.1) is 13.0 Å². The van der Waals surface area contributed by atoms with E-state index in [1.807, 2.05) is 0 Å². The monoisotopic (exact) mass is 596 g/mol. The smallest absolute Gasteiger partial charge is 0.0324 e. The van der Waals surface area contributed by atoms with Crippen LogP contribution in [0.4, 0.5) is 0 Å². The highest BCUT2D eigenvalue weighted by atomic mass is 14.3. The van der Waals surface area contributed by atoms with Crippen molar-refractivity contribution in [1.82, 2.24) is 0 Å². The molecule has 0 N–H and O–H groups in total. The van der Waals surface area contributed by atoms with Gasteiger partial charge in [-0.2, -0.15) is 0 Å². The predicted octanol–water partition coefficient (Wildman–Crippen LogP) is 12.0. The molecule has 0 spiro atoms. The van der Waals surface area contributed by atoms with E-state index in [1.165, 1.54) is 66.4 Å². The van der Waals surface area contributed by atoms with Gasteiger partial charge < -0.3 is 0 Å². The van der Waals surface area contributed by atoms with Crippen molar-refractivity contribution in [1.29, 1.82) is 0 Å². The standard InChI is InChI=1S/C46H44/c1-7-11-18-34-22-24-38-30-36(40(10-4)42-20-15-13-17-32(42)6)26-28-44(38)46(34)45-33(8-2)21-23-37-29-35(25-27-43(37)45)39(9-3)41-19-14-12-16-31(41)5/h2,9-10,12-17,19-24,26,28-30,39,41H,3,5,7,11,18,25,27H2,1,4,6H3/b40-10-. The van der Waals surface area contributed by atoms with E-state index >= 15 is 0 Å². The molecule has 2 aliphatic carbocycles. The van der Waals surface area contributed by atoms with E-state index in [4.69, 9.17) is 6.42 Å². The van der Waals surface area contributed by atoms with Gasteiger partial charge in [0.2, 0.25) is 0 Å². The van der Waals surface area contributed by atoms with E-state index in [1.54, 1.807) is 0 Å². The summed E-state index contributed by atoms with van der Waals surface area (Å²) < 4.78 is 0. The Hall–Kier alpha value is -4.86. The Labute approximate surface area is 276 Å². The number of terminal acetylenes is 1. The third kappa shape index (κ3) is 5.79. The Morgan fingerprint density at radius 1 is 1.02 bits per heavy atom. The lowest BCUT2D eigenvalue weighted by molar-refractivity contribution is 0.594. The summed E-state index contributed by atoms with van der Waals surface area (Å²) in [6.45, 7) is 15.2. The summed E-state index contributed by atoms with van der Waals surface area (Å²) in [5.74, 6) is 3.56. The predicted molar refractivity (Wildman–Crippen MR) is 201 cm³/mol. The van der Waals surface area contributed by atoms with Gasteiger partial charge >= 0.3 is 0 Å². The number of benzene rings is 4. The van der Waals surface area contributed by atoms with Gasteiger partial charge in [0.25, 0.3) is 0 Å².